The lowest BCUT2D eigenvalue weighted by Crippen LogP contribution is -2.55. The molecule has 6 rings (SSSR count). The number of esters is 2. The number of hydrogen-bond donors (Lipinski definition) is 2. The molecule has 2 aromatic carbocycles. The van der Waals surface area contributed by atoms with Gasteiger partial charge in [-0.25, -0.2) is 23.8 Å². The van der Waals surface area contributed by atoms with E-state index in [2.05, 4.69) is 60.6 Å². The number of nitrogen functional groups attached to an aromatic ring is 2. The molecule has 3 saturated carbocycles. The van der Waals surface area contributed by atoms with Crippen molar-refractivity contribution >= 4 is 23.3 Å². The van der Waals surface area contributed by atoms with Crippen molar-refractivity contribution in [2.24, 2.45) is 45.8 Å². The molecule has 0 bridgehead atoms. The van der Waals surface area contributed by atoms with Crippen LogP contribution in [0.2, 0.25) is 0 Å². The van der Waals surface area contributed by atoms with Gasteiger partial charge in [0.1, 0.15) is 6.10 Å². The first-order chi connectivity index (χ1) is 29.0. The summed E-state index contributed by atoms with van der Waals surface area (Å²) in [5.74, 6) is -0.459. The molecule has 8 unspecified atom stereocenters. The molecule has 0 aromatic heterocycles. The van der Waals surface area contributed by atoms with Crippen LogP contribution in [0.4, 0.5) is 20.2 Å². The Balaban J connectivity index is 0.951. The number of nitrogens with two attached hydrogens (primary N) is 2. The third kappa shape index (κ3) is 10.3. The van der Waals surface area contributed by atoms with E-state index in [1.165, 1.54) is 92.5 Å². The summed E-state index contributed by atoms with van der Waals surface area (Å²) in [5.41, 5.74) is 15.8. The van der Waals surface area contributed by atoms with E-state index in [1.54, 1.807) is 0 Å². The number of ether oxygens (including phenoxy) is 2. The molecule has 0 aliphatic heterocycles. The first-order valence-corrected chi connectivity index (χ1v) is 22.8. The van der Waals surface area contributed by atoms with Crippen LogP contribution in [-0.4, -0.2) is 31.3 Å². The fourth-order valence-corrected chi connectivity index (χ4v) is 12.2. The summed E-state index contributed by atoms with van der Waals surface area (Å²) < 4.78 is 40.4. The van der Waals surface area contributed by atoms with Gasteiger partial charge in [-0.15, -0.1) is 0 Å². The maximum atomic E-state index is 15.1. The zero-order chi connectivity index (χ0) is 44.1. The van der Waals surface area contributed by atoms with E-state index in [0.717, 1.165) is 49.0 Å². The Morgan fingerprint density at radius 3 is 2.39 bits per heavy atom. The topological polar surface area (TPSA) is 123 Å². The second-order valence-corrected chi connectivity index (χ2v) is 19.8. The lowest BCUT2D eigenvalue weighted by Gasteiger charge is -2.61. The average Bonchev–Trinajstić information content (AvgIpc) is 3.56. The lowest BCUT2D eigenvalue weighted by molar-refractivity contribution is -0.345. The Bertz CT molecular complexity index is 1970. The third-order valence-electron chi connectivity index (χ3n) is 15.3. The molecule has 8 atom stereocenters. The molecule has 4 N–H and O–H groups in total. The van der Waals surface area contributed by atoms with Crippen LogP contribution >= 0.6 is 0 Å². The van der Waals surface area contributed by atoms with E-state index in [9.17, 15) is 14.0 Å². The van der Waals surface area contributed by atoms with Gasteiger partial charge in [0.05, 0.1) is 18.8 Å². The van der Waals surface area contributed by atoms with Gasteiger partial charge in [0.15, 0.2) is 11.6 Å². The van der Waals surface area contributed by atoms with Gasteiger partial charge in [-0.1, -0.05) is 76.5 Å². The van der Waals surface area contributed by atoms with Gasteiger partial charge < -0.3 is 20.9 Å². The minimum atomic E-state index is -1.25. The number of rotatable bonds is 17. The number of halogens is 2. The molecular formula is C51H70F2N2O6. The molecule has 4 aliphatic carbocycles. The molecule has 4 aliphatic rings. The van der Waals surface area contributed by atoms with Crippen LogP contribution in [0.25, 0.3) is 0 Å². The van der Waals surface area contributed by atoms with Crippen molar-refractivity contribution in [1.82, 2.24) is 0 Å². The monoisotopic (exact) mass is 845 g/mol. The predicted molar refractivity (Wildman–Crippen MR) is 237 cm³/mol. The number of carbonyl (C=O) groups is 2. The molecule has 0 amide bonds. The third-order valence-corrected chi connectivity index (χ3v) is 15.3. The normalized spacial score (nSPS) is 28.3. The number of unbranched alkanes of at least 4 members (excludes halogenated alkanes) is 2. The van der Waals surface area contributed by atoms with Crippen LogP contribution in [0.3, 0.4) is 0 Å². The van der Waals surface area contributed by atoms with Crippen LogP contribution in [0.5, 0.6) is 5.75 Å². The van der Waals surface area contributed by atoms with Crippen molar-refractivity contribution in [3.8, 4) is 5.75 Å². The summed E-state index contributed by atoms with van der Waals surface area (Å²) in [6.07, 6.45) is 20.6. The van der Waals surface area contributed by atoms with E-state index in [-0.39, 0.29) is 47.7 Å². The van der Waals surface area contributed by atoms with Crippen LogP contribution < -0.4 is 16.2 Å². The van der Waals surface area contributed by atoms with Gasteiger partial charge in [-0.2, -0.15) is 4.39 Å². The highest BCUT2D eigenvalue weighted by molar-refractivity contribution is 5.91. The van der Waals surface area contributed by atoms with Crippen molar-refractivity contribution in [2.75, 3.05) is 24.7 Å². The minimum Gasteiger partial charge on any atom is -0.462 e. The van der Waals surface area contributed by atoms with Gasteiger partial charge in [-0.05, 0) is 155 Å². The quantitative estimate of drug-likeness (QED) is 0.0236. The number of benzene rings is 2. The Morgan fingerprint density at radius 2 is 1.66 bits per heavy atom. The van der Waals surface area contributed by atoms with Crippen LogP contribution in [0, 0.1) is 57.5 Å². The maximum Gasteiger partial charge on any atom is 0.338 e. The Labute approximate surface area is 362 Å². The fraction of sp³-hybridized carbons (Fsp3) is 0.608. The van der Waals surface area contributed by atoms with Crippen molar-refractivity contribution in [1.29, 1.82) is 0 Å². The fourth-order valence-electron chi connectivity index (χ4n) is 12.2. The standard InChI is InChI=1S/C51H70F2N2O6/c1-32(2)13-10-11-14-33(3)39-18-19-40-38-17-21-43-49(4,5)44(23-26-51(43,7)41(38)22-25-50(39,40)6)61-59-28-24-34-16-20-42(47(53)46(34)52)60-45(56)15-9-8-12-27-58-48(57)35-29-36(54)31-37(55)30-35/h9,13,15-16,20-21,29-31,33,38-41,44H,8,10-12,14,17-19,22-28,54-55H2,1-7H3/b15-9+. The highest BCUT2D eigenvalue weighted by Gasteiger charge is 2.61. The van der Waals surface area contributed by atoms with Crippen molar-refractivity contribution < 1.29 is 37.6 Å². The lowest BCUT2D eigenvalue weighted by atomic mass is 9.44. The highest BCUT2D eigenvalue weighted by Crippen LogP contribution is 2.69. The molecule has 8 nitrogen and oxygen atoms in total. The number of anilines is 2. The Hall–Kier alpha value is -4.02. The summed E-state index contributed by atoms with van der Waals surface area (Å²) >= 11 is 0. The van der Waals surface area contributed by atoms with Crippen LogP contribution in [0.15, 0.2) is 65.8 Å². The number of carbonyl (C=O) groups excluding carboxylic acids is 2. The van der Waals surface area contributed by atoms with E-state index >= 15 is 4.39 Å². The van der Waals surface area contributed by atoms with E-state index in [0.29, 0.717) is 35.5 Å². The summed E-state index contributed by atoms with van der Waals surface area (Å²) in [7, 11) is 0. The summed E-state index contributed by atoms with van der Waals surface area (Å²) in [6, 6.07) is 7.12. The number of allylic oxidation sites excluding steroid dienone is 4. The van der Waals surface area contributed by atoms with Crippen molar-refractivity contribution in [3.63, 3.8) is 0 Å². The smallest absolute Gasteiger partial charge is 0.338 e. The SMILES string of the molecule is CC(C)=CCCCC(C)C1CCC2C3CC=C4C(C)(C)C(OOCCc5ccc(OC(=O)/C=C/CCCOC(=O)c6cc(N)cc(N)c6)c(F)c5F)CCC4(C)C3CCC12C. The predicted octanol–water partition coefficient (Wildman–Crippen LogP) is 12.1. The summed E-state index contributed by atoms with van der Waals surface area (Å²) in [4.78, 5) is 36.4. The maximum absolute atomic E-state index is 15.1. The highest BCUT2D eigenvalue weighted by atomic mass is 19.2. The molecule has 2 aromatic rings. The Morgan fingerprint density at radius 1 is 0.902 bits per heavy atom. The van der Waals surface area contributed by atoms with Crippen molar-refractivity contribution in [2.45, 2.75) is 138 Å². The molecule has 0 heterocycles. The number of fused-ring (bicyclic) bond motifs is 5. The molecule has 0 saturated heterocycles. The van der Waals surface area contributed by atoms with E-state index in [1.807, 2.05) is 0 Å². The Kier molecular flexibility index (Phi) is 14.9. The van der Waals surface area contributed by atoms with Crippen molar-refractivity contribution in [3.05, 3.63) is 88.5 Å². The molecule has 0 spiro atoms. The average molecular weight is 845 g/mol. The zero-order valence-electron chi connectivity index (χ0n) is 37.6. The van der Waals surface area contributed by atoms with Gasteiger partial charge >= 0.3 is 11.9 Å². The van der Waals surface area contributed by atoms with Gasteiger partial charge in [0.2, 0.25) is 5.82 Å². The van der Waals surface area contributed by atoms with Crippen LogP contribution in [-0.2, 0) is 25.7 Å². The second kappa shape index (κ2) is 19.6. The molecule has 61 heavy (non-hydrogen) atoms. The van der Waals surface area contributed by atoms with Gasteiger partial charge in [0, 0.05) is 29.3 Å². The van der Waals surface area contributed by atoms with Gasteiger partial charge in [-0.3, -0.25) is 0 Å². The molecule has 10 heteroatoms. The molecule has 334 valence electrons. The molecular weight excluding hydrogens is 775 g/mol. The molecule has 3 fully saturated rings. The van der Waals surface area contributed by atoms with E-state index in [4.69, 9.17) is 30.7 Å². The first kappa shape index (κ1) is 46.5. The summed E-state index contributed by atoms with van der Waals surface area (Å²) in [5, 5.41) is 0. The minimum absolute atomic E-state index is 0.0450. The van der Waals surface area contributed by atoms with E-state index < -0.39 is 29.3 Å². The zero-order valence-corrected chi connectivity index (χ0v) is 37.6. The second-order valence-electron chi connectivity index (χ2n) is 19.8. The largest absolute Gasteiger partial charge is 0.462 e. The van der Waals surface area contributed by atoms with Gasteiger partial charge in [0.25, 0.3) is 0 Å². The first-order valence-electron chi connectivity index (χ1n) is 22.8. The molecule has 0 radical (unpaired) electrons. The van der Waals surface area contributed by atoms with Crippen LogP contribution in [0.1, 0.15) is 141 Å². The summed E-state index contributed by atoms with van der Waals surface area (Å²) in [6.45, 7) is 16.8. The number of hydrogen-bond acceptors (Lipinski definition) is 8.